The summed E-state index contributed by atoms with van der Waals surface area (Å²) in [5, 5.41) is 0.981. The molecular formula is C21H22N4O2. The van der Waals surface area contributed by atoms with E-state index in [0.717, 1.165) is 29.1 Å². The highest BCUT2D eigenvalue weighted by Crippen LogP contribution is 2.30. The Kier molecular flexibility index (Phi) is 4.13. The van der Waals surface area contributed by atoms with Crippen LogP contribution in [0.4, 0.5) is 0 Å². The number of hydrogen-bond donors (Lipinski definition) is 0. The summed E-state index contributed by atoms with van der Waals surface area (Å²) < 4.78 is 8.07. The van der Waals surface area contributed by atoms with Crippen LogP contribution in [0.2, 0.25) is 0 Å². The summed E-state index contributed by atoms with van der Waals surface area (Å²) in [7, 11) is 0. The third-order valence-corrected chi connectivity index (χ3v) is 5.42. The molecule has 2 aliphatic rings. The molecular weight excluding hydrogens is 340 g/mol. The quantitative estimate of drug-likeness (QED) is 0.700. The fourth-order valence-corrected chi connectivity index (χ4v) is 3.72. The van der Waals surface area contributed by atoms with Gasteiger partial charge in [0.05, 0.1) is 36.7 Å². The van der Waals surface area contributed by atoms with Crippen molar-refractivity contribution in [1.29, 1.82) is 0 Å². The molecule has 6 nitrogen and oxygen atoms in total. The minimum Gasteiger partial charge on any atom is -0.379 e. The van der Waals surface area contributed by atoms with Gasteiger partial charge in [-0.3, -0.25) is 9.78 Å². The molecule has 0 spiro atoms. The summed E-state index contributed by atoms with van der Waals surface area (Å²) in [5.74, 6) is 0.778. The van der Waals surface area contributed by atoms with E-state index in [1.165, 1.54) is 12.8 Å². The first-order valence-corrected chi connectivity index (χ1v) is 9.50. The number of nitrogens with zero attached hydrogens (tertiary/aromatic N) is 4. The predicted octanol–water partition coefficient (Wildman–Crippen LogP) is 3.06. The van der Waals surface area contributed by atoms with Crippen molar-refractivity contribution in [3.63, 3.8) is 0 Å². The zero-order valence-corrected chi connectivity index (χ0v) is 15.1. The van der Waals surface area contributed by atoms with Crippen LogP contribution in [0.3, 0.4) is 0 Å². The molecule has 5 rings (SSSR count). The van der Waals surface area contributed by atoms with Crippen molar-refractivity contribution in [3.05, 3.63) is 60.3 Å². The highest BCUT2D eigenvalue weighted by Gasteiger charge is 2.29. The van der Waals surface area contributed by atoms with Gasteiger partial charge in [0.15, 0.2) is 0 Å². The lowest BCUT2D eigenvalue weighted by Gasteiger charge is -2.34. The maximum Gasteiger partial charge on any atom is 0.254 e. The highest BCUT2D eigenvalue weighted by atomic mass is 16.5. The zero-order chi connectivity index (χ0) is 18.2. The molecule has 1 atom stereocenters. The van der Waals surface area contributed by atoms with Crippen molar-refractivity contribution in [1.82, 2.24) is 19.4 Å². The van der Waals surface area contributed by atoms with Crippen LogP contribution >= 0.6 is 0 Å². The molecule has 1 aliphatic carbocycles. The van der Waals surface area contributed by atoms with E-state index in [9.17, 15) is 4.79 Å². The van der Waals surface area contributed by atoms with Crippen LogP contribution in [0.5, 0.6) is 0 Å². The Hall–Kier alpha value is -2.73. The summed E-state index contributed by atoms with van der Waals surface area (Å²) >= 11 is 0. The normalized spacial score (nSPS) is 19.3. The first kappa shape index (κ1) is 16.4. The van der Waals surface area contributed by atoms with Crippen molar-refractivity contribution in [3.8, 4) is 0 Å². The fourth-order valence-electron chi connectivity index (χ4n) is 3.72. The SMILES string of the molecule is O=C(c1ccc2ncccc2c1)N1Cc2cncn2[C@H](COCC2CC2)C1. The Balaban J connectivity index is 1.36. The molecule has 2 aromatic heterocycles. The van der Waals surface area contributed by atoms with Crippen LogP contribution < -0.4 is 0 Å². The average molecular weight is 362 g/mol. The van der Waals surface area contributed by atoms with Crippen LogP contribution in [0, 0.1) is 5.92 Å². The summed E-state index contributed by atoms with van der Waals surface area (Å²) in [6, 6.07) is 9.69. The van der Waals surface area contributed by atoms with Gasteiger partial charge in [-0.05, 0) is 43.0 Å². The lowest BCUT2D eigenvalue weighted by molar-refractivity contribution is 0.0499. The highest BCUT2D eigenvalue weighted by molar-refractivity contribution is 5.98. The molecule has 3 heterocycles. The van der Waals surface area contributed by atoms with Gasteiger partial charge < -0.3 is 14.2 Å². The molecule has 0 unspecified atom stereocenters. The van der Waals surface area contributed by atoms with Gasteiger partial charge in [0, 0.05) is 36.5 Å². The van der Waals surface area contributed by atoms with Crippen molar-refractivity contribution in [2.24, 2.45) is 5.92 Å². The van der Waals surface area contributed by atoms with Gasteiger partial charge >= 0.3 is 0 Å². The molecule has 6 heteroatoms. The van der Waals surface area contributed by atoms with E-state index in [1.54, 1.807) is 6.20 Å². The van der Waals surface area contributed by atoms with Gasteiger partial charge in [-0.25, -0.2) is 4.98 Å². The van der Waals surface area contributed by atoms with Gasteiger partial charge in [0.25, 0.3) is 5.91 Å². The Morgan fingerprint density at radius 1 is 1.22 bits per heavy atom. The van der Waals surface area contributed by atoms with Crippen LogP contribution in [0.1, 0.15) is 34.9 Å². The summed E-state index contributed by atoms with van der Waals surface area (Å²) in [6.45, 7) is 2.65. The van der Waals surface area contributed by atoms with Crippen LogP contribution in [-0.4, -0.2) is 45.1 Å². The number of carbonyl (C=O) groups is 1. The molecule has 138 valence electrons. The van der Waals surface area contributed by atoms with E-state index in [2.05, 4.69) is 14.5 Å². The van der Waals surface area contributed by atoms with E-state index in [4.69, 9.17) is 4.74 Å². The Bertz CT molecular complexity index is 979. The number of ether oxygens (including phenoxy) is 1. The molecule has 0 radical (unpaired) electrons. The Morgan fingerprint density at radius 3 is 3.04 bits per heavy atom. The van der Waals surface area contributed by atoms with Crippen LogP contribution in [0.15, 0.2) is 49.1 Å². The van der Waals surface area contributed by atoms with Gasteiger partial charge in [0.2, 0.25) is 0 Å². The van der Waals surface area contributed by atoms with Gasteiger partial charge in [-0.1, -0.05) is 6.07 Å². The molecule has 0 bridgehead atoms. The Morgan fingerprint density at radius 2 is 2.15 bits per heavy atom. The molecule has 0 N–H and O–H groups in total. The van der Waals surface area contributed by atoms with Crippen LogP contribution in [-0.2, 0) is 11.3 Å². The average Bonchev–Trinajstić information content (AvgIpc) is 3.40. The monoisotopic (exact) mass is 362 g/mol. The molecule has 1 amide bonds. The number of carbonyl (C=O) groups excluding carboxylic acids is 1. The van der Waals surface area contributed by atoms with Gasteiger partial charge in [-0.15, -0.1) is 0 Å². The minimum atomic E-state index is 0.0420. The number of rotatable bonds is 5. The van der Waals surface area contributed by atoms with E-state index in [-0.39, 0.29) is 11.9 Å². The molecule has 3 aromatic rings. The van der Waals surface area contributed by atoms with Crippen LogP contribution in [0.25, 0.3) is 10.9 Å². The van der Waals surface area contributed by atoms with E-state index in [0.29, 0.717) is 25.3 Å². The first-order valence-electron chi connectivity index (χ1n) is 9.50. The molecule has 1 fully saturated rings. The van der Waals surface area contributed by atoms with E-state index in [1.807, 2.05) is 47.8 Å². The maximum absolute atomic E-state index is 13.1. The number of imidazole rings is 1. The largest absolute Gasteiger partial charge is 0.379 e. The number of aromatic nitrogens is 3. The predicted molar refractivity (Wildman–Crippen MR) is 101 cm³/mol. The molecule has 1 aromatic carbocycles. The second kappa shape index (κ2) is 6.78. The van der Waals surface area contributed by atoms with E-state index >= 15 is 0 Å². The molecule has 1 saturated carbocycles. The number of benzene rings is 1. The zero-order valence-electron chi connectivity index (χ0n) is 15.1. The molecule has 0 saturated heterocycles. The fraction of sp³-hybridized carbons (Fsp3) is 0.381. The Labute approximate surface area is 157 Å². The second-order valence-corrected chi connectivity index (χ2v) is 7.52. The number of hydrogen-bond acceptors (Lipinski definition) is 4. The maximum atomic E-state index is 13.1. The summed E-state index contributed by atoms with van der Waals surface area (Å²) in [5.41, 5.74) is 2.65. The number of amides is 1. The lowest BCUT2D eigenvalue weighted by atomic mass is 10.1. The minimum absolute atomic E-state index is 0.0420. The first-order chi connectivity index (χ1) is 13.3. The molecule has 1 aliphatic heterocycles. The van der Waals surface area contributed by atoms with Gasteiger partial charge in [-0.2, -0.15) is 0 Å². The van der Waals surface area contributed by atoms with Crippen molar-refractivity contribution in [2.75, 3.05) is 19.8 Å². The van der Waals surface area contributed by atoms with E-state index < -0.39 is 0 Å². The second-order valence-electron chi connectivity index (χ2n) is 7.52. The number of fused-ring (bicyclic) bond motifs is 2. The summed E-state index contributed by atoms with van der Waals surface area (Å²) in [4.78, 5) is 23.7. The topological polar surface area (TPSA) is 60.2 Å². The van der Waals surface area contributed by atoms with Crippen molar-refractivity contribution >= 4 is 16.8 Å². The molecule has 27 heavy (non-hydrogen) atoms. The van der Waals surface area contributed by atoms with Gasteiger partial charge in [0.1, 0.15) is 0 Å². The lowest BCUT2D eigenvalue weighted by Crippen LogP contribution is -2.42. The third-order valence-electron chi connectivity index (χ3n) is 5.42. The summed E-state index contributed by atoms with van der Waals surface area (Å²) in [6.07, 6.45) is 8.02. The smallest absolute Gasteiger partial charge is 0.254 e. The van der Waals surface area contributed by atoms with Crippen molar-refractivity contribution < 1.29 is 9.53 Å². The standard InChI is InChI=1S/C21H22N4O2/c26-21(17-5-6-20-16(8-17)2-1-7-23-20)24-10-18-9-22-14-25(18)19(11-24)13-27-12-15-3-4-15/h1-2,5-9,14-15,19H,3-4,10-13H2/t19-/m0/s1. The third kappa shape index (κ3) is 3.32. The number of pyridine rings is 1. The van der Waals surface area contributed by atoms with Crippen molar-refractivity contribution in [2.45, 2.75) is 25.4 Å².